The number of aromatic nitrogens is 1. The zero-order chi connectivity index (χ0) is 14.2. The molecule has 2 nitrogen and oxygen atoms in total. The average Bonchev–Trinajstić information content (AvgIpc) is 2.77. The van der Waals surface area contributed by atoms with Crippen molar-refractivity contribution < 1.29 is 8.78 Å². The molecule has 2 N–H and O–H groups in total. The molecule has 0 spiro atoms. The van der Waals surface area contributed by atoms with Gasteiger partial charge in [-0.25, -0.2) is 13.8 Å². The maximum Gasteiger partial charge on any atom is 0.131 e. The second-order valence-electron chi connectivity index (χ2n) is 5.43. The number of benzene rings is 1. The van der Waals surface area contributed by atoms with Gasteiger partial charge in [0.05, 0.1) is 11.7 Å². The van der Waals surface area contributed by atoms with Crippen molar-refractivity contribution in [3.05, 3.63) is 51.5 Å². The Kier molecular flexibility index (Phi) is 3.69. The van der Waals surface area contributed by atoms with Gasteiger partial charge in [0.25, 0.3) is 0 Å². The van der Waals surface area contributed by atoms with Gasteiger partial charge in [-0.05, 0) is 12.1 Å². The number of hydrogen-bond acceptors (Lipinski definition) is 3. The predicted octanol–water partition coefficient (Wildman–Crippen LogP) is 3.77. The largest absolute Gasteiger partial charge is 0.318 e. The molecular weight excluding hydrogens is 266 g/mol. The molecule has 102 valence electrons. The van der Waals surface area contributed by atoms with Crippen LogP contribution in [0.5, 0.6) is 0 Å². The highest BCUT2D eigenvalue weighted by atomic mass is 32.1. The minimum absolute atomic E-state index is 0.109. The summed E-state index contributed by atoms with van der Waals surface area (Å²) in [6.45, 7) is 6.09. The monoisotopic (exact) mass is 282 g/mol. The molecule has 0 aliphatic rings. The molecule has 0 saturated heterocycles. The topological polar surface area (TPSA) is 38.9 Å². The summed E-state index contributed by atoms with van der Waals surface area (Å²) in [4.78, 5) is 4.40. The fraction of sp³-hybridized carbons (Fsp3) is 0.357. The lowest BCUT2D eigenvalue weighted by Gasteiger charge is -2.15. The van der Waals surface area contributed by atoms with Gasteiger partial charge in [-0.3, -0.25) is 0 Å². The smallest absolute Gasteiger partial charge is 0.131 e. The zero-order valence-corrected chi connectivity index (χ0v) is 11.9. The maximum atomic E-state index is 13.7. The molecule has 1 aromatic heterocycles. The first-order valence-electron chi connectivity index (χ1n) is 5.96. The number of nitrogens with two attached hydrogens (primary N) is 1. The van der Waals surface area contributed by atoms with E-state index < -0.39 is 17.7 Å². The van der Waals surface area contributed by atoms with Crippen LogP contribution in [0.4, 0.5) is 8.78 Å². The Balaban J connectivity index is 2.40. The van der Waals surface area contributed by atoms with Crippen LogP contribution < -0.4 is 5.73 Å². The van der Waals surface area contributed by atoms with Crippen LogP contribution in [0.15, 0.2) is 23.6 Å². The Bertz CT molecular complexity index is 567. The van der Waals surface area contributed by atoms with E-state index in [0.717, 1.165) is 5.69 Å². The second kappa shape index (κ2) is 4.98. The average molecular weight is 282 g/mol. The standard InChI is InChI=1S/C14H16F2N2S/c1-14(2,3)10-7-19-13(18-10)12(17)11-8(15)5-4-6-9(11)16/h4-7,12H,17H2,1-3H3. The molecule has 1 unspecified atom stereocenters. The van der Waals surface area contributed by atoms with Crippen molar-refractivity contribution in [1.29, 1.82) is 0 Å². The lowest BCUT2D eigenvalue weighted by Crippen LogP contribution is -2.17. The van der Waals surface area contributed by atoms with Crippen molar-refractivity contribution in [3.63, 3.8) is 0 Å². The third-order valence-electron chi connectivity index (χ3n) is 2.87. The number of rotatable bonds is 2. The van der Waals surface area contributed by atoms with Gasteiger partial charge in [0.1, 0.15) is 16.6 Å². The first-order valence-corrected chi connectivity index (χ1v) is 6.84. The summed E-state index contributed by atoms with van der Waals surface area (Å²) < 4.78 is 27.4. The lowest BCUT2D eigenvalue weighted by atomic mass is 9.93. The van der Waals surface area contributed by atoms with Gasteiger partial charge in [-0.15, -0.1) is 11.3 Å². The Labute approximate surface area is 115 Å². The van der Waals surface area contributed by atoms with Gasteiger partial charge in [0.2, 0.25) is 0 Å². The highest BCUT2D eigenvalue weighted by Crippen LogP contribution is 2.30. The van der Waals surface area contributed by atoms with Crippen LogP contribution in [0.1, 0.15) is 43.1 Å². The molecule has 1 aromatic carbocycles. The summed E-state index contributed by atoms with van der Waals surface area (Å²) >= 11 is 1.33. The molecule has 0 aliphatic heterocycles. The quantitative estimate of drug-likeness (QED) is 0.910. The Morgan fingerprint density at radius 1 is 1.21 bits per heavy atom. The number of hydrogen-bond donors (Lipinski definition) is 1. The number of nitrogens with zero attached hydrogens (tertiary/aromatic N) is 1. The summed E-state index contributed by atoms with van der Waals surface area (Å²) in [6.07, 6.45) is 0. The predicted molar refractivity (Wildman–Crippen MR) is 73.2 cm³/mol. The Hall–Kier alpha value is -1.33. The van der Waals surface area contributed by atoms with Crippen LogP contribution in [0.25, 0.3) is 0 Å². The van der Waals surface area contributed by atoms with Gasteiger partial charge in [-0.1, -0.05) is 26.8 Å². The molecule has 0 amide bonds. The third-order valence-corrected chi connectivity index (χ3v) is 3.79. The third kappa shape index (κ3) is 2.82. The van der Waals surface area contributed by atoms with E-state index in [1.165, 1.54) is 29.5 Å². The van der Waals surface area contributed by atoms with Gasteiger partial charge in [-0.2, -0.15) is 0 Å². The summed E-state index contributed by atoms with van der Waals surface area (Å²) in [5.74, 6) is -1.28. The molecule has 0 saturated carbocycles. The molecule has 19 heavy (non-hydrogen) atoms. The van der Waals surface area contributed by atoms with Gasteiger partial charge >= 0.3 is 0 Å². The van der Waals surface area contributed by atoms with Crippen molar-refractivity contribution in [2.24, 2.45) is 5.73 Å². The van der Waals surface area contributed by atoms with E-state index in [0.29, 0.717) is 5.01 Å². The highest BCUT2D eigenvalue weighted by molar-refractivity contribution is 7.09. The number of halogens is 2. The first kappa shape index (κ1) is 14.1. The lowest BCUT2D eigenvalue weighted by molar-refractivity contribution is 0.539. The van der Waals surface area contributed by atoms with E-state index in [9.17, 15) is 8.78 Å². The summed E-state index contributed by atoms with van der Waals surface area (Å²) in [7, 11) is 0. The fourth-order valence-corrected chi connectivity index (χ4v) is 2.76. The number of thiazole rings is 1. The molecule has 2 aromatic rings. The first-order chi connectivity index (χ1) is 8.80. The van der Waals surface area contributed by atoms with E-state index >= 15 is 0 Å². The maximum absolute atomic E-state index is 13.7. The van der Waals surface area contributed by atoms with E-state index in [2.05, 4.69) is 4.98 Å². The normalized spacial score (nSPS) is 13.6. The molecule has 1 heterocycles. The fourth-order valence-electron chi connectivity index (χ4n) is 1.71. The van der Waals surface area contributed by atoms with Crippen LogP contribution in [0.3, 0.4) is 0 Å². The summed E-state index contributed by atoms with van der Waals surface area (Å²) in [6, 6.07) is 2.86. The van der Waals surface area contributed by atoms with Gasteiger partial charge in [0, 0.05) is 16.4 Å². The van der Waals surface area contributed by atoms with Gasteiger partial charge < -0.3 is 5.73 Å². The van der Waals surface area contributed by atoms with Crippen molar-refractivity contribution >= 4 is 11.3 Å². The van der Waals surface area contributed by atoms with Crippen LogP contribution in [-0.2, 0) is 5.41 Å². The Morgan fingerprint density at radius 2 is 1.79 bits per heavy atom. The van der Waals surface area contributed by atoms with Crippen LogP contribution in [-0.4, -0.2) is 4.98 Å². The summed E-state index contributed by atoms with van der Waals surface area (Å²) in [5.41, 5.74) is 6.58. The molecule has 0 bridgehead atoms. The van der Waals surface area contributed by atoms with E-state index in [-0.39, 0.29) is 11.0 Å². The molecular formula is C14H16F2N2S. The minimum atomic E-state index is -0.873. The van der Waals surface area contributed by atoms with Crippen LogP contribution in [0, 0.1) is 11.6 Å². The van der Waals surface area contributed by atoms with Crippen molar-refractivity contribution in [2.75, 3.05) is 0 Å². The van der Waals surface area contributed by atoms with Crippen molar-refractivity contribution in [3.8, 4) is 0 Å². The molecule has 0 aliphatic carbocycles. The van der Waals surface area contributed by atoms with Crippen molar-refractivity contribution in [1.82, 2.24) is 4.98 Å². The van der Waals surface area contributed by atoms with Gasteiger partial charge in [0.15, 0.2) is 0 Å². The second-order valence-corrected chi connectivity index (χ2v) is 6.32. The SMILES string of the molecule is CC(C)(C)c1csc(C(N)c2c(F)cccc2F)n1. The molecule has 0 fully saturated rings. The zero-order valence-electron chi connectivity index (χ0n) is 11.1. The molecule has 0 radical (unpaired) electrons. The van der Waals surface area contributed by atoms with Crippen molar-refractivity contribution in [2.45, 2.75) is 32.2 Å². The highest BCUT2D eigenvalue weighted by Gasteiger charge is 2.23. The van der Waals surface area contributed by atoms with E-state index in [1.807, 2.05) is 26.2 Å². The summed E-state index contributed by atoms with van der Waals surface area (Å²) in [5, 5.41) is 2.41. The van der Waals surface area contributed by atoms with Crippen LogP contribution in [0.2, 0.25) is 0 Å². The minimum Gasteiger partial charge on any atom is -0.318 e. The Morgan fingerprint density at radius 3 is 2.26 bits per heavy atom. The molecule has 1 atom stereocenters. The molecule has 5 heteroatoms. The molecule has 2 rings (SSSR count). The van der Waals surface area contributed by atoms with E-state index in [1.54, 1.807) is 0 Å². The van der Waals surface area contributed by atoms with E-state index in [4.69, 9.17) is 5.73 Å². The van der Waals surface area contributed by atoms with Crippen LogP contribution >= 0.6 is 11.3 Å².